The molecule has 0 unspecified atom stereocenters. The van der Waals surface area contributed by atoms with Crippen LogP contribution in [-0.2, 0) is 14.3 Å². The third-order valence-electron chi connectivity index (χ3n) is 4.53. The van der Waals surface area contributed by atoms with Crippen LogP contribution in [0, 0.1) is 11.8 Å². The molecule has 0 aliphatic carbocycles. The summed E-state index contributed by atoms with van der Waals surface area (Å²) >= 11 is 3.44. The zero-order valence-electron chi connectivity index (χ0n) is 10.9. The summed E-state index contributed by atoms with van der Waals surface area (Å²) in [6.07, 6.45) is 3.14. The Morgan fingerprint density at radius 2 is 2.19 bits per heavy atom. The summed E-state index contributed by atoms with van der Waals surface area (Å²) in [5, 5.41) is 9.41. The van der Waals surface area contributed by atoms with Crippen molar-refractivity contribution in [1.82, 2.24) is 0 Å². The Labute approximate surface area is 129 Å². The third kappa shape index (κ3) is 1.60. The van der Waals surface area contributed by atoms with E-state index >= 15 is 0 Å². The fourth-order valence-electron chi connectivity index (χ4n) is 3.65. The molecule has 2 saturated heterocycles. The average molecular weight is 350 g/mol. The van der Waals surface area contributed by atoms with E-state index in [1.807, 2.05) is 30.3 Å². The van der Waals surface area contributed by atoms with Gasteiger partial charge in [0.05, 0.1) is 24.3 Å². The molecule has 2 bridgehead atoms. The van der Waals surface area contributed by atoms with Crippen LogP contribution in [-0.4, -0.2) is 35.2 Å². The fraction of sp³-hybridized carbons (Fsp3) is 0.333. The Balaban J connectivity index is 1.78. The van der Waals surface area contributed by atoms with Crippen LogP contribution in [0.3, 0.4) is 0 Å². The van der Waals surface area contributed by atoms with Crippen molar-refractivity contribution in [2.45, 2.75) is 11.7 Å². The summed E-state index contributed by atoms with van der Waals surface area (Å²) in [5.74, 6) is -2.59. The second kappa shape index (κ2) is 4.18. The minimum Gasteiger partial charge on any atom is -0.481 e. The van der Waals surface area contributed by atoms with E-state index in [0.717, 1.165) is 10.2 Å². The van der Waals surface area contributed by atoms with Gasteiger partial charge >= 0.3 is 5.97 Å². The number of amides is 1. The van der Waals surface area contributed by atoms with Crippen molar-refractivity contribution in [3.63, 3.8) is 0 Å². The Kier molecular flexibility index (Phi) is 2.59. The SMILES string of the molecule is O=C(O)[C@@H]1[C@@H]2C=C[C@]3(CN(c4ccccc4Br)C(=O)[C@H]13)O2. The van der Waals surface area contributed by atoms with Crippen LogP contribution in [0.4, 0.5) is 5.69 Å². The molecule has 5 nitrogen and oxygen atoms in total. The molecule has 3 aliphatic heterocycles. The first kappa shape index (κ1) is 13.0. The number of rotatable bonds is 2. The average Bonchev–Trinajstić information content (AvgIpc) is 3.08. The number of benzene rings is 1. The summed E-state index contributed by atoms with van der Waals surface area (Å²) in [7, 11) is 0. The minimum absolute atomic E-state index is 0.179. The molecule has 2 fully saturated rings. The molecule has 3 heterocycles. The number of nitrogens with zero attached hydrogens (tertiary/aromatic N) is 1. The first-order valence-corrected chi connectivity index (χ1v) is 7.49. The Bertz CT molecular complexity index is 688. The highest BCUT2D eigenvalue weighted by molar-refractivity contribution is 9.10. The predicted octanol–water partition coefficient (Wildman–Crippen LogP) is 1.82. The second-order valence-electron chi connectivity index (χ2n) is 5.61. The Hall–Kier alpha value is -1.66. The summed E-state index contributed by atoms with van der Waals surface area (Å²) in [6, 6.07) is 7.42. The van der Waals surface area contributed by atoms with Crippen molar-refractivity contribution in [3.8, 4) is 0 Å². The normalized spacial score (nSPS) is 36.3. The maximum Gasteiger partial charge on any atom is 0.310 e. The van der Waals surface area contributed by atoms with Crippen LogP contribution < -0.4 is 4.90 Å². The highest BCUT2D eigenvalue weighted by Crippen LogP contribution is 2.53. The number of fused-ring (bicyclic) bond motifs is 1. The van der Waals surface area contributed by atoms with Crippen molar-refractivity contribution >= 4 is 33.5 Å². The van der Waals surface area contributed by atoms with Crippen molar-refractivity contribution < 1.29 is 19.4 Å². The van der Waals surface area contributed by atoms with Gasteiger partial charge in [-0.25, -0.2) is 0 Å². The molecule has 1 amide bonds. The zero-order chi connectivity index (χ0) is 14.8. The fourth-order valence-corrected chi connectivity index (χ4v) is 4.15. The molecule has 4 atom stereocenters. The number of para-hydroxylation sites is 1. The largest absolute Gasteiger partial charge is 0.481 e. The summed E-state index contributed by atoms with van der Waals surface area (Å²) in [6.45, 7) is 0.357. The number of halogens is 1. The van der Waals surface area contributed by atoms with Gasteiger partial charge in [-0.2, -0.15) is 0 Å². The number of carbonyl (C=O) groups is 2. The lowest BCUT2D eigenvalue weighted by Crippen LogP contribution is -2.39. The molecule has 3 aliphatic rings. The highest BCUT2D eigenvalue weighted by Gasteiger charge is 2.67. The smallest absolute Gasteiger partial charge is 0.310 e. The van der Waals surface area contributed by atoms with Crippen LogP contribution in [0.1, 0.15) is 0 Å². The van der Waals surface area contributed by atoms with E-state index < -0.39 is 29.5 Å². The molecule has 1 N–H and O–H groups in total. The maximum atomic E-state index is 12.8. The molecular formula is C15H12BrNO4. The number of aliphatic carboxylic acids is 1. The van der Waals surface area contributed by atoms with Crippen molar-refractivity contribution in [2.75, 3.05) is 11.4 Å². The van der Waals surface area contributed by atoms with Gasteiger partial charge in [-0.1, -0.05) is 24.3 Å². The van der Waals surface area contributed by atoms with E-state index in [1.54, 1.807) is 11.0 Å². The molecule has 4 rings (SSSR count). The number of anilines is 1. The summed E-state index contributed by atoms with van der Waals surface area (Å²) < 4.78 is 6.66. The van der Waals surface area contributed by atoms with Crippen LogP contribution in [0.15, 0.2) is 40.9 Å². The Morgan fingerprint density at radius 3 is 2.90 bits per heavy atom. The number of hydrogen-bond donors (Lipinski definition) is 1. The number of ether oxygens (including phenoxy) is 1. The summed E-state index contributed by atoms with van der Waals surface area (Å²) in [4.78, 5) is 25.9. The maximum absolute atomic E-state index is 12.8. The van der Waals surface area contributed by atoms with Gasteiger partial charge in [-0.15, -0.1) is 0 Å². The number of carboxylic acid groups (broad SMARTS) is 1. The van der Waals surface area contributed by atoms with Gasteiger partial charge in [0.15, 0.2) is 0 Å². The van der Waals surface area contributed by atoms with Crippen LogP contribution in [0.5, 0.6) is 0 Å². The van der Waals surface area contributed by atoms with Gasteiger partial charge in [0.25, 0.3) is 0 Å². The van der Waals surface area contributed by atoms with E-state index in [0.29, 0.717) is 6.54 Å². The molecule has 21 heavy (non-hydrogen) atoms. The lowest BCUT2D eigenvalue weighted by atomic mass is 9.77. The van der Waals surface area contributed by atoms with E-state index in [4.69, 9.17) is 4.74 Å². The lowest BCUT2D eigenvalue weighted by Gasteiger charge is -2.22. The molecule has 1 spiro atoms. The molecular weight excluding hydrogens is 338 g/mol. The van der Waals surface area contributed by atoms with Gasteiger partial charge < -0.3 is 14.7 Å². The lowest BCUT2D eigenvalue weighted by molar-refractivity contribution is -0.146. The van der Waals surface area contributed by atoms with E-state index in [-0.39, 0.29) is 5.91 Å². The second-order valence-corrected chi connectivity index (χ2v) is 6.47. The molecule has 6 heteroatoms. The van der Waals surface area contributed by atoms with Crippen LogP contribution in [0.2, 0.25) is 0 Å². The predicted molar refractivity (Wildman–Crippen MR) is 77.9 cm³/mol. The quantitative estimate of drug-likeness (QED) is 0.827. The van der Waals surface area contributed by atoms with Crippen LogP contribution in [0.25, 0.3) is 0 Å². The molecule has 0 radical (unpaired) electrons. The topological polar surface area (TPSA) is 66.8 Å². The van der Waals surface area contributed by atoms with E-state index in [2.05, 4.69) is 15.9 Å². The Morgan fingerprint density at radius 1 is 1.43 bits per heavy atom. The number of carbonyl (C=O) groups excluding carboxylic acids is 1. The molecule has 1 aromatic carbocycles. The van der Waals surface area contributed by atoms with Crippen molar-refractivity contribution in [1.29, 1.82) is 0 Å². The van der Waals surface area contributed by atoms with Crippen molar-refractivity contribution in [2.24, 2.45) is 11.8 Å². The number of carboxylic acids is 1. The molecule has 1 aromatic rings. The first-order valence-electron chi connectivity index (χ1n) is 6.69. The first-order chi connectivity index (χ1) is 10.0. The van der Waals surface area contributed by atoms with Crippen molar-refractivity contribution in [3.05, 3.63) is 40.9 Å². The zero-order valence-corrected chi connectivity index (χ0v) is 12.5. The molecule has 0 aromatic heterocycles. The van der Waals surface area contributed by atoms with E-state index in [9.17, 15) is 14.7 Å². The van der Waals surface area contributed by atoms with Gasteiger partial charge in [0.2, 0.25) is 5.91 Å². The van der Waals surface area contributed by atoms with Gasteiger partial charge in [0, 0.05) is 4.47 Å². The van der Waals surface area contributed by atoms with E-state index in [1.165, 1.54) is 0 Å². The monoisotopic (exact) mass is 349 g/mol. The third-order valence-corrected chi connectivity index (χ3v) is 5.20. The van der Waals surface area contributed by atoms with Gasteiger partial charge in [0.1, 0.15) is 11.5 Å². The molecule has 108 valence electrons. The number of hydrogen-bond acceptors (Lipinski definition) is 3. The highest BCUT2D eigenvalue weighted by atomic mass is 79.9. The van der Waals surface area contributed by atoms with Gasteiger partial charge in [-0.05, 0) is 28.1 Å². The van der Waals surface area contributed by atoms with Gasteiger partial charge in [-0.3, -0.25) is 9.59 Å². The minimum atomic E-state index is -0.974. The van der Waals surface area contributed by atoms with Crippen LogP contribution >= 0.6 is 15.9 Å². The molecule has 0 saturated carbocycles. The standard InChI is InChI=1S/C15H12BrNO4/c16-8-3-1-2-4-9(8)17-7-15-6-5-10(21-15)11(14(19)20)12(15)13(17)18/h1-6,10-12H,7H2,(H,19,20)/t10-,11+,12-,15+/m0/s1. The summed E-state index contributed by atoms with van der Waals surface area (Å²) in [5.41, 5.74) is -0.0454.